The normalized spacial score (nSPS) is 12.2. The summed E-state index contributed by atoms with van der Waals surface area (Å²) in [5, 5.41) is 0. The molecular weight excluding hydrogens is 249 g/mol. The van der Waals surface area contributed by atoms with Crippen molar-refractivity contribution < 1.29 is 9.13 Å². The Labute approximate surface area is 107 Å². The first-order chi connectivity index (χ1) is 8.46. The van der Waals surface area contributed by atoms with Crippen LogP contribution in [0, 0.1) is 5.95 Å². The van der Waals surface area contributed by atoms with Crippen molar-refractivity contribution in [1.82, 2.24) is 14.5 Å². The van der Waals surface area contributed by atoms with Crippen LogP contribution < -0.4 is 0 Å². The average molecular weight is 267 g/mol. The Morgan fingerprint density at radius 1 is 1.39 bits per heavy atom. The fourth-order valence-corrected chi connectivity index (χ4v) is 2.33. The van der Waals surface area contributed by atoms with Crippen molar-refractivity contribution in [3.8, 4) is 0 Å². The van der Waals surface area contributed by atoms with Crippen molar-refractivity contribution in [3.63, 3.8) is 0 Å². The molecule has 18 heavy (non-hydrogen) atoms. The first-order valence-electron chi connectivity index (χ1n) is 6.01. The second kappa shape index (κ2) is 5.15. The highest BCUT2D eigenvalue weighted by molar-refractivity contribution is 6.76. The number of hydrogen-bond donors (Lipinski definition) is 0. The molecule has 0 atom stereocenters. The van der Waals surface area contributed by atoms with Crippen LogP contribution in [0.15, 0.2) is 18.5 Å². The van der Waals surface area contributed by atoms with Crippen LogP contribution in [0.2, 0.25) is 25.7 Å². The van der Waals surface area contributed by atoms with E-state index < -0.39 is 14.0 Å². The second-order valence-electron chi connectivity index (χ2n) is 5.54. The first kappa shape index (κ1) is 13.2. The maximum Gasteiger partial charge on any atom is 0.233 e. The standard InChI is InChI=1S/C12H18FN3OSi/c1-18(2,3)7-6-17-9-16-5-4-10-12(16)15-11(13)8-14-10/h4-5,8H,6-7,9H2,1-3H3. The number of halogens is 1. The van der Waals surface area contributed by atoms with Crippen molar-refractivity contribution in [3.05, 3.63) is 24.4 Å². The summed E-state index contributed by atoms with van der Waals surface area (Å²) in [7, 11) is -1.06. The summed E-state index contributed by atoms with van der Waals surface area (Å²) in [5.41, 5.74) is 1.22. The summed E-state index contributed by atoms with van der Waals surface area (Å²) < 4.78 is 20.4. The maximum atomic E-state index is 13.0. The molecule has 0 spiro atoms. The van der Waals surface area contributed by atoms with Crippen molar-refractivity contribution in [1.29, 1.82) is 0 Å². The van der Waals surface area contributed by atoms with Gasteiger partial charge in [-0.05, 0) is 12.1 Å². The van der Waals surface area contributed by atoms with Gasteiger partial charge in [-0.25, -0.2) is 4.98 Å². The third-order valence-electron chi connectivity index (χ3n) is 2.66. The van der Waals surface area contributed by atoms with Crippen LogP contribution >= 0.6 is 0 Å². The molecule has 2 aromatic heterocycles. The van der Waals surface area contributed by atoms with Crippen LogP contribution in [-0.4, -0.2) is 29.2 Å². The van der Waals surface area contributed by atoms with Gasteiger partial charge in [-0.3, -0.25) is 0 Å². The summed E-state index contributed by atoms with van der Waals surface area (Å²) >= 11 is 0. The topological polar surface area (TPSA) is 39.9 Å². The molecule has 0 N–H and O–H groups in total. The molecule has 0 aromatic carbocycles. The second-order valence-corrected chi connectivity index (χ2v) is 11.2. The minimum absolute atomic E-state index is 0.395. The van der Waals surface area contributed by atoms with Gasteiger partial charge in [-0.15, -0.1) is 0 Å². The third-order valence-corrected chi connectivity index (χ3v) is 4.37. The molecule has 2 rings (SSSR count). The minimum atomic E-state index is -1.06. The van der Waals surface area contributed by atoms with Crippen LogP contribution in [0.25, 0.3) is 11.2 Å². The lowest BCUT2D eigenvalue weighted by Crippen LogP contribution is -2.22. The van der Waals surface area contributed by atoms with Gasteiger partial charge < -0.3 is 9.30 Å². The van der Waals surface area contributed by atoms with Crippen molar-refractivity contribution in [2.24, 2.45) is 0 Å². The van der Waals surface area contributed by atoms with Crippen LogP contribution in [0.4, 0.5) is 4.39 Å². The molecular formula is C12H18FN3OSi. The fraction of sp³-hybridized carbons (Fsp3) is 0.500. The Balaban J connectivity index is 1.98. The number of rotatable bonds is 5. The van der Waals surface area contributed by atoms with E-state index in [2.05, 4.69) is 29.6 Å². The highest BCUT2D eigenvalue weighted by atomic mass is 28.3. The summed E-state index contributed by atoms with van der Waals surface area (Å²) in [4.78, 5) is 7.79. The van der Waals surface area contributed by atoms with E-state index in [0.29, 0.717) is 17.9 Å². The minimum Gasteiger partial charge on any atom is -0.361 e. The van der Waals surface area contributed by atoms with Crippen molar-refractivity contribution in [2.75, 3.05) is 6.61 Å². The van der Waals surface area contributed by atoms with Gasteiger partial charge >= 0.3 is 0 Å². The quantitative estimate of drug-likeness (QED) is 0.618. The monoisotopic (exact) mass is 267 g/mol. The fourth-order valence-electron chi connectivity index (χ4n) is 1.57. The van der Waals surface area contributed by atoms with Crippen molar-refractivity contribution in [2.45, 2.75) is 32.4 Å². The molecule has 0 aliphatic carbocycles. The van der Waals surface area contributed by atoms with E-state index in [9.17, 15) is 4.39 Å². The third kappa shape index (κ3) is 3.36. The Morgan fingerprint density at radius 2 is 2.17 bits per heavy atom. The zero-order valence-corrected chi connectivity index (χ0v) is 12.0. The van der Waals surface area contributed by atoms with E-state index in [-0.39, 0.29) is 0 Å². The molecule has 0 bridgehead atoms. The molecule has 0 aliphatic heterocycles. The molecule has 0 aliphatic rings. The van der Waals surface area contributed by atoms with Gasteiger partial charge in [-0.1, -0.05) is 19.6 Å². The van der Waals surface area contributed by atoms with Crippen molar-refractivity contribution >= 4 is 19.2 Å². The number of ether oxygens (including phenoxy) is 1. The lowest BCUT2D eigenvalue weighted by molar-refractivity contribution is 0.0898. The molecule has 0 fully saturated rings. The largest absolute Gasteiger partial charge is 0.361 e. The molecule has 0 radical (unpaired) electrons. The summed E-state index contributed by atoms with van der Waals surface area (Å²) in [6, 6.07) is 2.93. The van der Waals surface area contributed by atoms with Gasteiger partial charge in [0.25, 0.3) is 0 Å². The Morgan fingerprint density at radius 3 is 2.89 bits per heavy atom. The SMILES string of the molecule is C[Si](C)(C)CCOCn1ccc2ncc(F)nc21. The predicted molar refractivity (Wildman–Crippen MR) is 71.6 cm³/mol. The van der Waals surface area contributed by atoms with E-state index in [1.165, 1.54) is 0 Å². The summed E-state index contributed by atoms with van der Waals surface area (Å²) in [5.74, 6) is -0.565. The highest BCUT2D eigenvalue weighted by Crippen LogP contribution is 2.12. The van der Waals surface area contributed by atoms with Crippen LogP contribution in [-0.2, 0) is 11.5 Å². The molecule has 0 amide bonds. The van der Waals surface area contributed by atoms with E-state index in [4.69, 9.17) is 4.74 Å². The lowest BCUT2D eigenvalue weighted by atomic mass is 10.5. The zero-order valence-electron chi connectivity index (χ0n) is 11.0. The number of aromatic nitrogens is 3. The van der Waals surface area contributed by atoms with Gasteiger partial charge in [0, 0.05) is 20.9 Å². The Hall–Kier alpha value is -1.27. The number of hydrogen-bond acceptors (Lipinski definition) is 3. The van der Waals surface area contributed by atoms with Gasteiger partial charge in [0.15, 0.2) is 5.65 Å². The lowest BCUT2D eigenvalue weighted by Gasteiger charge is -2.15. The Bertz CT molecular complexity index is 536. The zero-order chi connectivity index (χ0) is 13.2. The molecule has 0 unspecified atom stereocenters. The molecule has 4 nitrogen and oxygen atoms in total. The van der Waals surface area contributed by atoms with Crippen LogP contribution in [0.1, 0.15) is 0 Å². The highest BCUT2D eigenvalue weighted by Gasteiger charge is 2.12. The van der Waals surface area contributed by atoms with E-state index in [1.807, 2.05) is 12.3 Å². The van der Waals surface area contributed by atoms with E-state index in [0.717, 1.165) is 18.8 Å². The predicted octanol–water partition coefficient (Wildman–Crippen LogP) is 2.88. The van der Waals surface area contributed by atoms with E-state index in [1.54, 1.807) is 4.57 Å². The molecule has 0 saturated carbocycles. The Kier molecular flexibility index (Phi) is 3.77. The summed E-state index contributed by atoms with van der Waals surface area (Å²) in [6.45, 7) is 8.05. The van der Waals surface area contributed by atoms with Gasteiger partial charge in [0.05, 0.1) is 6.20 Å². The van der Waals surface area contributed by atoms with Gasteiger partial charge in [-0.2, -0.15) is 9.37 Å². The smallest absolute Gasteiger partial charge is 0.233 e. The maximum absolute atomic E-state index is 13.0. The molecule has 2 aromatic rings. The number of nitrogens with zero attached hydrogens (tertiary/aromatic N) is 3. The van der Waals surface area contributed by atoms with E-state index >= 15 is 0 Å². The molecule has 0 saturated heterocycles. The molecule has 2 heterocycles. The molecule has 98 valence electrons. The van der Waals surface area contributed by atoms with Crippen LogP contribution in [0.5, 0.6) is 0 Å². The average Bonchev–Trinajstić information content (AvgIpc) is 2.66. The summed E-state index contributed by atoms with van der Waals surface area (Å²) in [6.07, 6.45) is 2.94. The molecule has 6 heteroatoms. The first-order valence-corrected chi connectivity index (χ1v) is 9.71. The van der Waals surface area contributed by atoms with Crippen LogP contribution in [0.3, 0.4) is 0 Å². The van der Waals surface area contributed by atoms with Gasteiger partial charge in [0.2, 0.25) is 5.95 Å². The number of fused-ring (bicyclic) bond motifs is 1. The van der Waals surface area contributed by atoms with Gasteiger partial charge in [0.1, 0.15) is 12.2 Å².